The van der Waals surface area contributed by atoms with Gasteiger partial charge in [-0.3, -0.25) is 14.5 Å². The smallest absolute Gasteiger partial charge is 0.327 e. The molecule has 0 unspecified atom stereocenters. The number of halogens is 1. The number of carbonyl (C=O) groups excluding carboxylic acids is 2. The fourth-order valence-electron chi connectivity index (χ4n) is 3.93. The molecule has 0 saturated heterocycles. The van der Waals surface area contributed by atoms with Crippen molar-refractivity contribution in [1.82, 2.24) is 14.7 Å². The highest BCUT2D eigenvalue weighted by molar-refractivity contribution is 6.45. The van der Waals surface area contributed by atoms with Crippen molar-refractivity contribution in [1.29, 1.82) is 0 Å². The normalized spacial score (nSPS) is 14.2. The molecular weight excluding hydrogens is 428 g/mol. The first kappa shape index (κ1) is 21.8. The third-order valence-corrected chi connectivity index (χ3v) is 5.60. The second kappa shape index (κ2) is 8.24. The van der Waals surface area contributed by atoms with Crippen LogP contribution < -0.4 is 9.67 Å². The van der Waals surface area contributed by atoms with Crippen molar-refractivity contribution in [2.45, 2.75) is 40.2 Å². The zero-order valence-electron chi connectivity index (χ0n) is 18.3. The van der Waals surface area contributed by atoms with Gasteiger partial charge in [0.25, 0.3) is 11.6 Å². The molecule has 2 amide bonds. The van der Waals surface area contributed by atoms with Crippen molar-refractivity contribution in [3.63, 3.8) is 0 Å². The number of amides is 2. The first-order valence-corrected chi connectivity index (χ1v) is 10.8. The van der Waals surface area contributed by atoms with Crippen molar-refractivity contribution in [3.05, 3.63) is 70.6 Å². The van der Waals surface area contributed by atoms with E-state index in [2.05, 4.69) is 5.10 Å². The lowest BCUT2D eigenvalue weighted by atomic mass is 10.0. The van der Waals surface area contributed by atoms with Gasteiger partial charge in [0.15, 0.2) is 12.4 Å². The number of rotatable bonds is 5. The Labute approximate surface area is 191 Å². The minimum atomic E-state index is -0.494. The first-order valence-electron chi connectivity index (χ1n) is 10.4. The van der Waals surface area contributed by atoms with Crippen LogP contribution in [0.5, 0.6) is 5.88 Å². The van der Waals surface area contributed by atoms with Gasteiger partial charge in [0.05, 0.1) is 11.4 Å². The Bertz CT molecular complexity index is 1280. The van der Waals surface area contributed by atoms with Crippen molar-refractivity contribution < 1.29 is 19.3 Å². The number of hydrogen-bond acceptors (Lipinski definition) is 4. The Morgan fingerprint density at radius 1 is 1.16 bits per heavy atom. The van der Waals surface area contributed by atoms with E-state index in [1.165, 1.54) is 9.58 Å². The molecule has 0 bridgehead atoms. The molecule has 4 rings (SSSR count). The maximum Gasteiger partial charge on any atom is 0.327 e. The van der Waals surface area contributed by atoms with Crippen LogP contribution >= 0.6 is 11.6 Å². The van der Waals surface area contributed by atoms with Crippen LogP contribution in [-0.4, -0.2) is 32.5 Å². The second-order valence-corrected chi connectivity index (χ2v) is 8.39. The number of hydrogen-bond donors (Lipinski definition) is 0. The molecule has 0 fully saturated rings. The van der Waals surface area contributed by atoms with Gasteiger partial charge in [-0.2, -0.15) is 9.67 Å². The van der Waals surface area contributed by atoms with E-state index < -0.39 is 17.7 Å². The lowest BCUT2D eigenvalue weighted by Gasteiger charge is -2.18. The van der Waals surface area contributed by atoms with Crippen molar-refractivity contribution in [2.24, 2.45) is 0 Å². The van der Waals surface area contributed by atoms with Crippen LogP contribution in [0.15, 0.2) is 48.8 Å². The summed E-state index contributed by atoms with van der Waals surface area (Å²) in [4.78, 5) is 28.0. The summed E-state index contributed by atoms with van der Waals surface area (Å²) in [6.45, 7) is 7.29. The first-order chi connectivity index (χ1) is 15.2. The minimum Gasteiger partial charge on any atom is -0.858 e. The standard InChI is InChI=1S/C24H23ClN4O3/c1-5-18-19(23(31)29(26-18)17-10-6-9-16(25)12-17)20-21(27-11-7-8-15(4)13-27)24(32)28(14(2)3)22(20)30/h6-14H,5H2,1-4H3. The molecule has 0 atom stereocenters. The molecule has 7 nitrogen and oxygen atoms in total. The molecule has 164 valence electrons. The Morgan fingerprint density at radius 2 is 1.91 bits per heavy atom. The van der Waals surface area contributed by atoms with Crippen molar-refractivity contribution in [2.75, 3.05) is 0 Å². The van der Waals surface area contributed by atoms with E-state index in [0.717, 1.165) is 5.56 Å². The molecule has 3 aromatic rings. The van der Waals surface area contributed by atoms with Gasteiger partial charge in [0.1, 0.15) is 5.57 Å². The summed E-state index contributed by atoms with van der Waals surface area (Å²) < 4.78 is 2.85. The molecule has 1 aromatic carbocycles. The number of pyridine rings is 1. The number of aromatic nitrogens is 3. The fourth-order valence-corrected chi connectivity index (χ4v) is 4.11. The lowest BCUT2D eigenvalue weighted by Crippen LogP contribution is -2.42. The third-order valence-electron chi connectivity index (χ3n) is 5.37. The largest absolute Gasteiger partial charge is 0.858 e. The number of nitrogens with zero attached hydrogens (tertiary/aromatic N) is 4. The summed E-state index contributed by atoms with van der Waals surface area (Å²) in [5.74, 6) is -1.39. The van der Waals surface area contributed by atoms with E-state index in [1.807, 2.05) is 19.9 Å². The van der Waals surface area contributed by atoms with Gasteiger partial charge < -0.3 is 5.11 Å². The Hall–Kier alpha value is -3.45. The molecule has 32 heavy (non-hydrogen) atoms. The van der Waals surface area contributed by atoms with Crippen LogP contribution in [0, 0.1) is 6.92 Å². The monoisotopic (exact) mass is 450 g/mol. The summed E-state index contributed by atoms with van der Waals surface area (Å²) in [6, 6.07) is 10.1. The van der Waals surface area contributed by atoms with E-state index in [1.54, 1.807) is 61.1 Å². The van der Waals surface area contributed by atoms with Crippen LogP contribution in [0.3, 0.4) is 0 Å². The maximum absolute atomic E-state index is 13.6. The maximum atomic E-state index is 13.6. The number of aryl methyl sites for hydroxylation is 2. The highest BCUT2D eigenvalue weighted by Crippen LogP contribution is 2.37. The van der Waals surface area contributed by atoms with Crippen molar-refractivity contribution >= 4 is 34.7 Å². The quantitative estimate of drug-likeness (QED) is 0.442. The molecule has 0 radical (unpaired) electrons. The van der Waals surface area contributed by atoms with Crippen molar-refractivity contribution in [3.8, 4) is 11.6 Å². The highest BCUT2D eigenvalue weighted by Gasteiger charge is 2.47. The van der Waals surface area contributed by atoms with Gasteiger partial charge in [0, 0.05) is 28.3 Å². The fraction of sp³-hybridized carbons (Fsp3) is 0.250. The summed E-state index contributed by atoms with van der Waals surface area (Å²) in [5.41, 5.74) is 2.24. The predicted molar refractivity (Wildman–Crippen MR) is 119 cm³/mol. The second-order valence-electron chi connectivity index (χ2n) is 7.96. The van der Waals surface area contributed by atoms with Gasteiger partial charge in [-0.25, -0.2) is 4.68 Å². The van der Waals surface area contributed by atoms with Crippen LogP contribution in [0.4, 0.5) is 0 Å². The topological polar surface area (TPSA) is 82.1 Å². The van der Waals surface area contributed by atoms with Gasteiger partial charge in [0.2, 0.25) is 0 Å². The summed E-state index contributed by atoms with van der Waals surface area (Å²) >= 11 is 6.11. The Morgan fingerprint density at radius 3 is 2.53 bits per heavy atom. The van der Waals surface area contributed by atoms with E-state index in [9.17, 15) is 14.7 Å². The number of imide groups is 1. The van der Waals surface area contributed by atoms with E-state index in [-0.39, 0.29) is 22.9 Å². The zero-order valence-corrected chi connectivity index (χ0v) is 19.1. The zero-order chi connectivity index (χ0) is 23.2. The molecule has 0 spiro atoms. The minimum absolute atomic E-state index is 0.0782. The van der Waals surface area contributed by atoms with Crippen LogP contribution in [0.25, 0.3) is 17.0 Å². The van der Waals surface area contributed by atoms with Gasteiger partial charge in [-0.1, -0.05) is 24.6 Å². The molecule has 8 heteroatoms. The Kier molecular flexibility index (Phi) is 5.60. The highest BCUT2D eigenvalue weighted by atomic mass is 35.5. The van der Waals surface area contributed by atoms with Gasteiger partial charge in [-0.15, -0.1) is 0 Å². The molecule has 1 aliphatic heterocycles. The molecular formula is C24H23ClN4O3. The number of carbonyl (C=O) groups is 2. The number of benzene rings is 1. The van der Waals surface area contributed by atoms with Crippen LogP contribution in [-0.2, 0) is 16.0 Å². The summed E-state index contributed by atoms with van der Waals surface area (Å²) in [6.07, 6.45) is 3.88. The van der Waals surface area contributed by atoms with Gasteiger partial charge in [-0.05, 0) is 57.3 Å². The summed E-state index contributed by atoms with van der Waals surface area (Å²) in [5, 5.41) is 18.5. The third kappa shape index (κ3) is 3.48. The summed E-state index contributed by atoms with van der Waals surface area (Å²) in [7, 11) is 0. The molecule has 1 aliphatic rings. The predicted octanol–water partition coefficient (Wildman–Crippen LogP) is 2.90. The molecule has 0 aliphatic carbocycles. The molecule has 0 saturated carbocycles. The SMILES string of the molecule is CCc1nn(-c2cccc(Cl)c2)c([O-])c1C1=C([n+]2cccc(C)c2)C(=O)N(C(C)C)C1=O. The van der Waals surface area contributed by atoms with Crippen LogP contribution in [0.1, 0.15) is 37.6 Å². The molecule has 2 aromatic heterocycles. The van der Waals surface area contributed by atoms with E-state index >= 15 is 0 Å². The van der Waals surface area contributed by atoms with E-state index in [4.69, 9.17) is 11.6 Å². The van der Waals surface area contributed by atoms with Gasteiger partial charge >= 0.3 is 5.91 Å². The average Bonchev–Trinajstić information content (AvgIpc) is 3.20. The van der Waals surface area contributed by atoms with E-state index in [0.29, 0.717) is 22.8 Å². The van der Waals surface area contributed by atoms with Crippen LogP contribution in [0.2, 0.25) is 5.02 Å². The average molecular weight is 451 g/mol. The lowest BCUT2D eigenvalue weighted by molar-refractivity contribution is -0.577. The Balaban J connectivity index is 2.02. The molecule has 3 heterocycles. The molecule has 0 N–H and O–H groups in total.